The van der Waals surface area contributed by atoms with Crippen LogP contribution in [0.25, 0.3) is 0 Å². The van der Waals surface area contributed by atoms with Crippen LogP contribution in [0, 0.1) is 0 Å². The summed E-state index contributed by atoms with van der Waals surface area (Å²) >= 11 is 0. The van der Waals surface area contributed by atoms with E-state index in [1.54, 1.807) is 6.08 Å². The molecule has 2 heterocycles. The van der Waals surface area contributed by atoms with Crippen molar-refractivity contribution in [2.75, 3.05) is 19.8 Å². The normalized spacial score (nSPS) is 24.3. The summed E-state index contributed by atoms with van der Waals surface area (Å²) in [6, 6.07) is -0.935. The molecular weight excluding hydrogens is 1070 g/mol. The van der Waals surface area contributed by atoms with Gasteiger partial charge in [0.1, 0.15) is 48.8 Å². The maximum atomic E-state index is 13.3. The Labute approximate surface area is 515 Å². The van der Waals surface area contributed by atoms with Crippen molar-refractivity contribution in [1.82, 2.24) is 5.32 Å². The van der Waals surface area contributed by atoms with E-state index in [9.17, 15) is 45.6 Å². The fourth-order valence-corrected chi connectivity index (χ4v) is 10.3. The van der Waals surface area contributed by atoms with Crippen LogP contribution in [0.2, 0.25) is 0 Å². The maximum absolute atomic E-state index is 13.3. The van der Waals surface area contributed by atoms with E-state index in [1.165, 1.54) is 128 Å². The summed E-state index contributed by atoms with van der Waals surface area (Å²) in [5, 5.41) is 87.1. The second-order valence-electron chi connectivity index (χ2n) is 23.2. The van der Waals surface area contributed by atoms with Crippen LogP contribution in [0.15, 0.2) is 109 Å². The van der Waals surface area contributed by atoms with Crippen LogP contribution in [0.1, 0.15) is 239 Å². The highest BCUT2D eigenvalue weighted by Gasteiger charge is 2.51. The van der Waals surface area contributed by atoms with Gasteiger partial charge in [0.25, 0.3) is 0 Å². The van der Waals surface area contributed by atoms with E-state index in [1.807, 2.05) is 6.08 Å². The molecule has 2 saturated heterocycles. The van der Waals surface area contributed by atoms with Gasteiger partial charge in [-0.05, 0) is 89.9 Å². The first-order valence-electron chi connectivity index (χ1n) is 33.6. The van der Waals surface area contributed by atoms with Gasteiger partial charge < -0.3 is 65.1 Å². The fourth-order valence-electron chi connectivity index (χ4n) is 10.3. The average molecular weight is 1200 g/mol. The van der Waals surface area contributed by atoms with Crippen molar-refractivity contribution in [1.29, 1.82) is 0 Å². The zero-order valence-corrected chi connectivity index (χ0v) is 52.8. The third-order valence-corrected chi connectivity index (χ3v) is 15.7. The van der Waals surface area contributed by atoms with Crippen LogP contribution in [0.3, 0.4) is 0 Å². The van der Waals surface area contributed by atoms with Crippen molar-refractivity contribution in [3.8, 4) is 0 Å². The molecule has 2 fully saturated rings. The van der Waals surface area contributed by atoms with Crippen LogP contribution in [0.4, 0.5) is 0 Å². The topological polar surface area (TPSA) is 228 Å². The minimum Gasteiger partial charge on any atom is -0.394 e. The Kier molecular flexibility index (Phi) is 50.1. The fraction of sp³-hybridized carbons (Fsp3) is 0.732. The van der Waals surface area contributed by atoms with Gasteiger partial charge >= 0.3 is 0 Å². The first-order chi connectivity index (χ1) is 41.6. The molecule has 14 heteroatoms. The number of unbranched alkanes of at least 4 members (excludes halogenated alkanes) is 24. The second-order valence-corrected chi connectivity index (χ2v) is 23.2. The number of ether oxygens (including phenoxy) is 4. The number of aliphatic hydroxyl groups excluding tert-OH is 8. The molecule has 0 aromatic rings. The van der Waals surface area contributed by atoms with Gasteiger partial charge in [-0.2, -0.15) is 0 Å². The minimum atomic E-state index is -1.79. The molecule has 0 aromatic carbocycles. The summed E-state index contributed by atoms with van der Waals surface area (Å²) in [7, 11) is 0. The predicted octanol–water partition coefficient (Wildman–Crippen LogP) is 13.2. The lowest BCUT2D eigenvalue weighted by Crippen LogP contribution is -2.65. The molecule has 2 rings (SSSR count). The molecule has 0 aromatic heterocycles. The summed E-state index contributed by atoms with van der Waals surface area (Å²) in [5.74, 6) is -0.252. The summed E-state index contributed by atoms with van der Waals surface area (Å²) < 4.78 is 22.8. The Morgan fingerprint density at radius 1 is 0.435 bits per heavy atom. The summed E-state index contributed by atoms with van der Waals surface area (Å²) in [6.07, 6.45) is 61.6. The van der Waals surface area contributed by atoms with Crippen LogP contribution in [0.5, 0.6) is 0 Å². The SMILES string of the molecule is CC/C=C\C/C=C\C/C=C\C/C=C\C/C=C\C/C=C\C/C=C\CCCCCCCCCCCCCCCCCCCC(=O)NC(COC1OC(CO)C(OC2OC(CO)C(O)C(O)C2O)C(O)C1O)C(O)/C=C/CC/C=C/CCCCCCCC. The Morgan fingerprint density at radius 3 is 1.29 bits per heavy atom. The number of nitrogens with one attached hydrogen (secondary N) is 1. The quantitative estimate of drug-likeness (QED) is 0.0204. The molecule has 488 valence electrons. The van der Waals surface area contributed by atoms with E-state index in [0.29, 0.717) is 12.8 Å². The summed E-state index contributed by atoms with van der Waals surface area (Å²) in [6.45, 7) is 2.64. The lowest BCUT2D eigenvalue weighted by atomic mass is 9.97. The molecule has 2 aliphatic heterocycles. The van der Waals surface area contributed by atoms with Crippen molar-refractivity contribution in [2.24, 2.45) is 0 Å². The van der Waals surface area contributed by atoms with E-state index < -0.39 is 86.8 Å². The second kappa shape index (κ2) is 54.8. The number of rotatable bonds is 53. The highest BCUT2D eigenvalue weighted by Crippen LogP contribution is 2.30. The van der Waals surface area contributed by atoms with E-state index in [0.717, 1.165) is 77.0 Å². The lowest BCUT2D eigenvalue weighted by molar-refractivity contribution is -0.359. The number of hydrogen-bond donors (Lipinski definition) is 9. The van der Waals surface area contributed by atoms with E-state index in [4.69, 9.17) is 18.9 Å². The minimum absolute atomic E-state index is 0.252. The zero-order chi connectivity index (χ0) is 61.6. The molecule has 12 unspecified atom stereocenters. The molecule has 0 bridgehead atoms. The van der Waals surface area contributed by atoms with Crippen LogP contribution in [-0.2, 0) is 23.7 Å². The third-order valence-electron chi connectivity index (χ3n) is 15.7. The molecule has 14 nitrogen and oxygen atoms in total. The number of carbonyl (C=O) groups excluding carboxylic acids is 1. The molecule has 1 amide bonds. The van der Waals surface area contributed by atoms with Gasteiger partial charge in [-0.25, -0.2) is 0 Å². The van der Waals surface area contributed by atoms with Crippen molar-refractivity contribution in [2.45, 2.75) is 312 Å². The highest BCUT2D eigenvalue weighted by molar-refractivity contribution is 5.76. The largest absolute Gasteiger partial charge is 0.394 e. The Morgan fingerprint density at radius 2 is 0.824 bits per heavy atom. The monoisotopic (exact) mass is 1200 g/mol. The summed E-state index contributed by atoms with van der Waals surface area (Å²) in [4.78, 5) is 13.3. The van der Waals surface area contributed by atoms with Gasteiger partial charge in [0.2, 0.25) is 5.91 Å². The number of aliphatic hydroxyl groups is 8. The molecule has 0 radical (unpaired) electrons. The molecule has 0 spiro atoms. The van der Waals surface area contributed by atoms with Gasteiger partial charge in [-0.15, -0.1) is 0 Å². The van der Waals surface area contributed by atoms with Crippen LogP contribution >= 0.6 is 0 Å². The average Bonchev–Trinajstić information content (AvgIpc) is 3.60. The number of carbonyl (C=O) groups is 1. The number of allylic oxidation sites excluding steroid dienone is 17. The van der Waals surface area contributed by atoms with E-state index in [2.05, 4.69) is 116 Å². The number of amides is 1. The zero-order valence-electron chi connectivity index (χ0n) is 52.8. The third kappa shape index (κ3) is 39.3. The molecule has 85 heavy (non-hydrogen) atoms. The van der Waals surface area contributed by atoms with Gasteiger partial charge in [0, 0.05) is 6.42 Å². The van der Waals surface area contributed by atoms with Gasteiger partial charge in [0.05, 0.1) is 32.0 Å². The Balaban J connectivity index is 1.58. The van der Waals surface area contributed by atoms with Crippen molar-refractivity contribution < 1.29 is 64.6 Å². The van der Waals surface area contributed by atoms with Crippen molar-refractivity contribution in [3.05, 3.63) is 109 Å². The molecule has 0 aliphatic carbocycles. The first-order valence-corrected chi connectivity index (χ1v) is 33.6. The molecular formula is C71H121NO13. The highest BCUT2D eigenvalue weighted by atomic mass is 16.7. The molecule has 9 N–H and O–H groups in total. The van der Waals surface area contributed by atoms with E-state index >= 15 is 0 Å². The molecule has 0 saturated carbocycles. The Hall–Kier alpha value is -3.35. The maximum Gasteiger partial charge on any atom is 0.220 e. The predicted molar refractivity (Wildman–Crippen MR) is 345 cm³/mol. The summed E-state index contributed by atoms with van der Waals surface area (Å²) in [5.41, 5.74) is 0. The van der Waals surface area contributed by atoms with Crippen LogP contribution < -0.4 is 5.32 Å². The Bertz CT molecular complexity index is 1840. The van der Waals surface area contributed by atoms with Gasteiger partial charge in [-0.1, -0.05) is 252 Å². The molecule has 2 aliphatic rings. The standard InChI is InChI=1S/C71H121NO13/c1-3-5-7-9-11-13-15-17-18-19-20-21-22-23-24-25-26-27-28-29-30-31-32-33-34-35-36-37-38-39-40-41-42-43-45-47-49-51-53-55-63(76)72-59(60(75)54-52-50-48-46-44-16-14-12-10-8-6-4-2)58-82-70-68(81)66(79)69(62(57-74)84-70)85-71-67(80)65(78)64(77)61(56-73)83-71/h5,7,11,13,17-18,20-21,23-24,26-27,29-30,44,46,52,54,59-62,64-71,73-75,77-81H,3-4,6,8-10,12,14-16,19,22,25,28,31-43,45,47-51,53,55-58H2,1-2H3,(H,72,76)/b7-5-,13-11-,18-17-,21-20-,24-23-,27-26-,30-29-,46-44+,54-52+. The van der Waals surface area contributed by atoms with Crippen molar-refractivity contribution >= 4 is 5.91 Å². The first kappa shape index (κ1) is 77.7. The van der Waals surface area contributed by atoms with Gasteiger partial charge in [-0.3, -0.25) is 4.79 Å². The molecule has 12 atom stereocenters. The smallest absolute Gasteiger partial charge is 0.220 e. The van der Waals surface area contributed by atoms with Crippen LogP contribution in [-0.4, -0.2) is 140 Å². The van der Waals surface area contributed by atoms with E-state index in [-0.39, 0.29) is 18.9 Å². The lowest BCUT2D eigenvalue weighted by Gasteiger charge is -2.46. The number of hydrogen-bond acceptors (Lipinski definition) is 13. The van der Waals surface area contributed by atoms with Gasteiger partial charge in [0.15, 0.2) is 12.6 Å². The van der Waals surface area contributed by atoms with Crippen molar-refractivity contribution in [3.63, 3.8) is 0 Å².